The van der Waals surface area contributed by atoms with Crippen LogP contribution in [0, 0.1) is 11.3 Å². The van der Waals surface area contributed by atoms with Gasteiger partial charge in [-0.1, -0.05) is 46.4 Å². The summed E-state index contributed by atoms with van der Waals surface area (Å²) in [6, 6.07) is 1.12. The van der Waals surface area contributed by atoms with E-state index in [4.69, 9.17) is 51.7 Å². The van der Waals surface area contributed by atoms with Gasteiger partial charge in [0, 0.05) is 5.75 Å². The number of alkyl halides is 4. The van der Waals surface area contributed by atoms with Crippen molar-refractivity contribution in [1.82, 2.24) is 0 Å². The number of carbonyl (C=O) groups is 1. The average molecular weight is 338 g/mol. The van der Waals surface area contributed by atoms with E-state index in [1.165, 1.54) is 18.9 Å². The minimum absolute atomic E-state index is 0.341. The van der Waals surface area contributed by atoms with Gasteiger partial charge < -0.3 is 4.74 Å². The number of nitrogens with zero attached hydrogens (tertiary/aromatic N) is 2. The molecule has 17 heavy (non-hydrogen) atoms. The largest absolute Gasteiger partial charge is 0.467 e. The van der Waals surface area contributed by atoms with Crippen LogP contribution in [-0.4, -0.2) is 39.6 Å². The number of hydrogen-bond acceptors (Lipinski definition) is 5. The molecule has 1 heterocycles. The zero-order chi connectivity index (χ0) is 13.4. The SMILES string of the molecule is COC(=O)C1CSC(C(Cl)Cl)=N1.N#CC(Cl)Cl. The quantitative estimate of drug-likeness (QED) is 0.574. The number of halogens is 4. The lowest BCUT2D eigenvalue weighted by Crippen LogP contribution is -2.19. The van der Waals surface area contributed by atoms with Crippen molar-refractivity contribution in [3.05, 3.63) is 0 Å². The first-order chi connectivity index (χ1) is 7.92. The number of carbonyl (C=O) groups excluding carboxylic acids is 1. The molecule has 0 saturated carbocycles. The number of aliphatic imine (C=N–C) groups is 1. The lowest BCUT2D eigenvalue weighted by molar-refractivity contribution is -0.141. The van der Waals surface area contributed by atoms with E-state index in [0.29, 0.717) is 10.8 Å². The summed E-state index contributed by atoms with van der Waals surface area (Å²) in [5.74, 6) is 0.226. The van der Waals surface area contributed by atoms with Crippen molar-refractivity contribution >= 4 is 69.2 Å². The van der Waals surface area contributed by atoms with E-state index in [2.05, 4.69) is 9.73 Å². The Balaban J connectivity index is 0.000000437. The fourth-order valence-corrected chi connectivity index (χ4v) is 2.13. The molecule has 0 bridgehead atoms. The number of hydrogen-bond donors (Lipinski definition) is 0. The van der Waals surface area contributed by atoms with Crippen LogP contribution in [0.15, 0.2) is 4.99 Å². The van der Waals surface area contributed by atoms with Gasteiger partial charge in [-0.25, -0.2) is 4.79 Å². The van der Waals surface area contributed by atoms with E-state index in [1.54, 1.807) is 6.07 Å². The second-order valence-electron chi connectivity index (χ2n) is 2.55. The molecule has 1 aliphatic rings. The molecule has 1 atom stereocenters. The highest BCUT2D eigenvalue weighted by molar-refractivity contribution is 8.14. The van der Waals surface area contributed by atoms with Gasteiger partial charge in [0.2, 0.25) is 0 Å². The summed E-state index contributed by atoms with van der Waals surface area (Å²) >= 11 is 22.2. The normalized spacial score (nSPS) is 18.2. The molecular weight excluding hydrogens is 330 g/mol. The summed E-state index contributed by atoms with van der Waals surface area (Å²) in [5.41, 5.74) is 0. The molecule has 0 aromatic carbocycles. The van der Waals surface area contributed by atoms with Crippen molar-refractivity contribution < 1.29 is 9.53 Å². The minimum atomic E-state index is -0.866. The number of rotatable bonds is 2. The van der Waals surface area contributed by atoms with Crippen molar-refractivity contribution in [2.75, 3.05) is 12.9 Å². The first-order valence-electron chi connectivity index (χ1n) is 4.16. The second kappa shape index (κ2) is 9.12. The van der Waals surface area contributed by atoms with E-state index in [-0.39, 0.29) is 5.97 Å². The molecule has 1 unspecified atom stereocenters. The predicted molar refractivity (Wildman–Crippen MR) is 72.3 cm³/mol. The van der Waals surface area contributed by atoms with Crippen LogP contribution in [0.2, 0.25) is 0 Å². The molecule has 1 aliphatic heterocycles. The van der Waals surface area contributed by atoms with Gasteiger partial charge in [0.15, 0.2) is 15.7 Å². The third kappa shape index (κ3) is 7.22. The Morgan fingerprint density at radius 3 is 2.41 bits per heavy atom. The van der Waals surface area contributed by atoms with Gasteiger partial charge in [-0.2, -0.15) is 5.26 Å². The second-order valence-corrected chi connectivity index (χ2v) is 5.78. The smallest absolute Gasteiger partial charge is 0.331 e. The van der Waals surface area contributed by atoms with Gasteiger partial charge in [-0.15, -0.1) is 11.8 Å². The minimum Gasteiger partial charge on any atom is -0.467 e. The summed E-state index contributed by atoms with van der Waals surface area (Å²) in [4.78, 5) is 13.5. The van der Waals surface area contributed by atoms with E-state index < -0.39 is 15.7 Å². The number of methoxy groups -OCH3 is 1. The highest BCUT2D eigenvalue weighted by Crippen LogP contribution is 2.25. The highest BCUT2D eigenvalue weighted by Gasteiger charge is 2.27. The first-order valence-corrected chi connectivity index (χ1v) is 6.89. The van der Waals surface area contributed by atoms with Gasteiger partial charge in [-0.05, 0) is 0 Å². The third-order valence-electron chi connectivity index (χ3n) is 1.43. The van der Waals surface area contributed by atoms with E-state index in [0.717, 1.165) is 0 Å². The molecule has 0 aliphatic carbocycles. The monoisotopic (exact) mass is 336 g/mol. The van der Waals surface area contributed by atoms with Crippen LogP contribution in [0.4, 0.5) is 0 Å². The van der Waals surface area contributed by atoms with Crippen molar-refractivity contribution in [2.45, 2.75) is 15.7 Å². The zero-order valence-electron chi connectivity index (χ0n) is 8.57. The first kappa shape index (κ1) is 17.1. The molecule has 0 fully saturated rings. The topological polar surface area (TPSA) is 62.4 Å². The molecule has 0 amide bonds. The lowest BCUT2D eigenvalue weighted by Gasteiger charge is -2.00. The Hall–Kier alpha value is 0.140. The van der Waals surface area contributed by atoms with Crippen molar-refractivity contribution in [2.24, 2.45) is 4.99 Å². The summed E-state index contributed by atoms with van der Waals surface area (Å²) < 4.78 is 4.52. The van der Waals surface area contributed by atoms with Crippen LogP contribution in [0.5, 0.6) is 0 Å². The Morgan fingerprint density at radius 2 is 2.12 bits per heavy atom. The third-order valence-corrected chi connectivity index (χ3v) is 3.42. The Labute approximate surface area is 123 Å². The van der Waals surface area contributed by atoms with Gasteiger partial charge in [-0.3, -0.25) is 4.99 Å². The molecular formula is C8H8Cl4N2O2S. The maximum Gasteiger partial charge on any atom is 0.331 e. The Bertz CT molecular complexity index is 330. The van der Waals surface area contributed by atoms with Gasteiger partial charge >= 0.3 is 5.97 Å². The lowest BCUT2D eigenvalue weighted by atomic mass is 10.4. The molecule has 0 radical (unpaired) electrons. The molecule has 96 valence electrons. The summed E-state index contributed by atoms with van der Waals surface area (Å²) in [7, 11) is 1.33. The number of nitriles is 1. The summed E-state index contributed by atoms with van der Waals surface area (Å²) in [6.07, 6.45) is 0. The molecule has 1 rings (SSSR count). The fraction of sp³-hybridized carbons (Fsp3) is 0.625. The van der Waals surface area contributed by atoms with Crippen molar-refractivity contribution in [3.8, 4) is 6.07 Å². The molecule has 0 aromatic rings. The number of ether oxygens (including phenoxy) is 1. The average Bonchev–Trinajstić information content (AvgIpc) is 2.78. The standard InChI is InChI=1S/C6H7Cl2NO2S.C2HCl2N/c1-11-6(10)3-2-12-5(9-3)4(7)8;3-2(4)1-5/h3-4H,2H2,1H3;2H. The zero-order valence-corrected chi connectivity index (χ0v) is 12.4. The number of esters is 1. The maximum absolute atomic E-state index is 11.0. The maximum atomic E-state index is 11.0. The molecule has 0 saturated heterocycles. The van der Waals surface area contributed by atoms with Crippen LogP contribution in [-0.2, 0) is 9.53 Å². The Kier molecular flexibility index (Phi) is 9.20. The van der Waals surface area contributed by atoms with Crippen LogP contribution in [0.1, 0.15) is 0 Å². The fourth-order valence-electron chi connectivity index (χ4n) is 0.769. The van der Waals surface area contributed by atoms with Crippen LogP contribution in [0.25, 0.3) is 0 Å². The van der Waals surface area contributed by atoms with Crippen LogP contribution >= 0.6 is 58.2 Å². The summed E-state index contributed by atoms with van der Waals surface area (Å²) in [5, 5.41) is 8.22. The Morgan fingerprint density at radius 1 is 1.59 bits per heavy atom. The van der Waals surface area contributed by atoms with Crippen LogP contribution in [0.3, 0.4) is 0 Å². The van der Waals surface area contributed by atoms with Crippen molar-refractivity contribution in [1.29, 1.82) is 5.26 Å². The highest BCUT2D eigenvalue weighted by atomic mass is 35.5. The van der Waals surface area contributed by atoms with Gasteiger partial charge in [0.1, 0.15) is 5.04 Å². The molecule has 0 N–H and O–H groups in total. The van der Waals surface area contributed by atoms with E-state index >= 15 is 0 Å². The van der Waals surface area contributed by atoms with Crippen molar-refractivity contribution in [3.63, 3.8) is 0 Å². The molecule has 9 heteroatoms. The number of thioether (sulfide) groups is 1. The summed E-state index contributed by atoms with van der Waals surface area (Å²) in [6.45, 7) is 0. The van der Waals surface area contributed by atoms with Gasteiger partial charge in [0.25, 0.3) is 0 Å². The van der Waals surface area contributed by atoms with E-state index in [1.807, 2.05) is 0 Å². The molecule has 0 aromatic heterocycles. The van der Waals surface area contributed by atoms with Crippen LogP contribution < -0.4 is 0 Å². The molecule has 0 spiro atoms. The van der Waals surface area contributed by atoms with Gasteiger partial charge in [0.05, 0.1) is 13.2 Å². The molecule has 4 nitrogen and oxygen atoms in total. The van der Waals surface area contributed by atoms with E-state index in [9.17, 15) is 4.79 Å². The predicted octanol–water partition coefficient (Wildman–Crippen LogP) is 2.79.